The fourth-order valence-electron chi connectivity index (χ4n) is 2.24. The van der Waals surface area contributed by atoms with Crippen LogP contribution < -0.4 is 10.1 Å². The summed E-state index contributed by atoms with van der Waals surface area (Å²) in [5.41, 5.74) is 3.07. The summed E-state index contributed by atoms with van der Waals surface area (Å²) in [7, 11) is 0. The minimum Gasteiger partial charge on any atom is -0.437 e. The van der Waals surface area contributed by atoms with Crippen molar-refractivity contribution in [3.8, 4) is 11.6 Å². The lowest BCUT2D eigenvalue weighted by Gasteiger charge is -2.12. The Morgan fingerprint density at radius 2 is 2.14 bits per heavy atom. The molecule has 21 heavy (non-hydrogen) atoms. The van der Waals surface area contributed by atoms with Gasteiger partial charge in [0.15, 0.2) is 5.75 Å². The van der Waals surface area contributed by atoms with Crippen molar-refractivity contribution in [1.82, 2.24) is 15.3 Å². The molecule has 2 aromatic heterocycles. The van der Waals surface area contributed by atoms with E-state index < -0.39 is 0 Å². The van der Waals surface area contributed by atoms with E-state index in [1.54, 1.807) is 6.20 Å². The van der Waals surface area contributed by atoms with Crippen molar-refractivity contribution in [1.29, 1.82) is 0 Å². The summed E-state index contributed by atoms with van der Waals surface area (Å²) in [5, 5.41) is 3.50. The Morgan fingerprint density at radius 3 is 2.90 bits per heavy atom. The van der Waals surface area contributed by atoms with Crippen LogP contribution in [0.5, 0.6) is 11.6 Å². The van der Waals surface area contributed by atoms with E-state index in [9.17, 15) is 0 Å². The largest absolute Gasteiger partial charge is 0.437 e. The predicted octanol–water partition coefficient (Wildman–Crippen LogP) is 3.39. The second-order valence-electron chi connectivity index (χ2n) is 5.48. The number of nitrogens with one attached hydrogen (secondary N) is 1. The quantitative estimate of drug-likeness (QED) is 0.882. The van der Waals surface area contributed by atoms with Gasteiger partial charge < -0.3 is 10.1 Å². The highest BCUT2D eigenvalue weighted by atomic mass is 16.5. The average Bonchev–Trinajstić information content (AvgIpc) is 3.32. The zero-order valence-corrected chi connectivity index (χ0v) is 12.6. The molecule has 4 nitrogen and oxygen atoms in total. The Bertz CT molecular complexity index is 623. The number of hydrogen-bond acceptors (Lipinski definition) is 4. The third kappa shape index (κ3) is 3.58. The third-order valence-corrected chi connectivity index (χ3v) is 3.62. The van der Waals surface area contributed by atoms with Crippen LogP contribution in [0.3, 0.4) is 0 Å². The second-order valence-corrected chi connectivity index (χ2v) is 5.48. The Hall–Kier alpha value is -1.94. The molecule has 0 spiro atoms. The molecule has 110 valence electrons. The lowest BCUT2D eigenvalue weighted by Crippen LogP contribution is -2.16. The van der Waals surface area contributed by atoms with Gasteiger partial charge in [-0.3, -0.25) is 4.98 Å². The van der Waals surface area contributed by atoms with Crippen LogP contribution in [0.4, 0.5) is 0 Å². The summed E-state index contributed by atoms with van der Waals surface area (Å²) < 4.78 is 6.03. The van der Waals surface area contributed by atoms with Gasteiger partial charge in [-0.05, 0) is 44.4 Å². The van der Waals surface area contributed by atoms with Gasteiger partial charge in [-0.2, -0.15) is 0 Å². The molecule has 0 atom stereocenters. The number of ether oxygens (including phenoxy) is 1. The third-order valence-electron chi connectivity index (χ3n) is 3.62. The van der Waals surface area contributed by atoms with E-state index in [0.29, 0.717) is 11.9 Å². The molecule has 1 saturated carbocycles. The van der Waals surface area contributed by atoms with Crippen LogP contribution in [0.15, 0.2) is 30.5 Å². The smallest absolute Gasteiger partial charge is 0.223 e. The Kier molecular flexibility index (Phi) is 4.15. The van der Waals surface area contributed by atoms with Crippen molar-refractivity contribution in [3.63, 3.8) is 0 Å². The molecule has 2 aromatic rings. The predicted molar refractivity (Wildman–Crippen MR) is 82.5 cm³/mol. The number of hydrogen-bond donors (Lipinski definition) is 1. The fourth-order valence-corrected chi connectivity index (χ4v) is 2.24. The summed E-state index contributed by atoms with van der Waals surface area (Å²) in [6.45, 7) is 4.88. The van der Waals surface area contributed by atoms with Crippen molar-refractivity contribution in [2.24, 2.45) is 0 Å². The normalized spacial score (nSPS) is 14.2. The molecule has 1 fully saturated rings. The number of nitrogens with zero attached hydrogens (tertiary/aromatic N) is 2. The Morgan fingerprint density at radius 1 is 1.29 bits per heavy atom. The van der Waals surface area contributed by atoms with E-state index in [1.165, 1.54) is 12.8 Å². The van der Waals surface area contributed by atoms with Crippen molar-refractivity contribution in [2.45, 2.75) is 45.7 Å². The summed E-state index contributed by atoms with van der Waals surface area (Å²) in [5.74, 6) is 1.47. The van der Waals surface area contributed by atoms with Crippen LogP contribution in [-0.2, 0) is 13.0 Å². The van der Waals surface area contributed by atoms with Crippen LogP contribution in [0.1, 0.15) is 36.7 Å². The van der Waals surface area contributed by atoms with Crippen molar-refractivity contribution < 1.29 is 4.74 Å². The van der Waals surface area contributed by atoms with Gasteiger partial charge in [-0.15, -0.1) is 0 Å². The topological polar surface area (TPSA) is 47.0 Å². The molecule has 1 N–H and O–H groups in total. The van der Waals surface area contributed by atoms with Crippen molar-refractivity contribution in [3.05, 3.63) is 47.4 Å². The van der Waals surface area contributed by atoms with Crippen LogP contribution >= 0.6 is 0 Å². The Balaban J connectivity index is 1.80. The van der Waals surface area contributed by atoms with Crippen molar-refractivity contribution >= 4 is 0 Å². The molecule has 4 heteroatoms. The maximum atomic E-state index is 6.03. The van der Waals surface area contributed by atoms with Gasteiger partial charge in [0.05, 0.1) is 5.69 Å². The zero-order chi connectivity index (χ0) is 14.7. The SMILES string of the molecule is CCc1nc(C)ccc1Oc1ncccc1CNC1CC1. The molecule has 1 aliphatic carbocycles. The highest BCUT2D eigenvalue weighted by molar-refractivity contribution is 5.35. The molecule has 0 radical (unpaired) electrons. The molecule has 3 rings (SSSR count). The van der Waals surface area contributed by atoms with E-state index in [4.69, 9.17) is 4.74 Å². The number of rotatable bonds is 6. The minimum atomic E-state index is 0.672. The van der Waals surface area contributed by atoms with Gasteiger partial charge in [0.25, 0.3) is 0 Å². The van der Waals surface area contributed by atoms with Crippen LogP contribution in [0.25, 0.3) is 0 Å². The van der Waals surface area contributed by atoms with Crippen LogP contribution in [0, 0.1) is 6.92 Å². The van der Waals surface area contributed by atoms with E-state index in [2.05, 4.69) is 28.3 Å². The first-order valence-electron chi connectivity index (χ1n) is 7.58. The molecular formula is C17H21N3O. The first-order chi connectivity index (χ1) is 10.3. The fraction of sp³-hybridized carbons (Fsp3) is 0.412. The summed E-state index contributed by atoms with van der Waals surface area (Å²) in [4.78, 5) is 8.91. The molecule has 0 amide bonds. The van der Waals surface area contributed by atoms with Gasteiger partial charge >= 0.3 is 0 Å². The zero-order valence-electron chi connectivity index (χ0n) is 12.6. The Labute approximate surface area is 125 Å². The highest BCUT2D eigenvalue weighted by Crippen LogP contribution is 2.27. The highest BCUT2D eigenvalue weighted by Gasteiger charge is 2.21. The average molecular weight is 283 g/mol. The molecule has 0 bridgehead atoms. The first-order valence-corrected chi connectivity index (χ1v) is 7.58. The van der Waals surface area contributed by atoms with Gasteiger partial charge in [-0.25, -0.2) is 4.98 Å². The summed E-state index contributed by atoms with van der Waals surface area (Å²) >= 11 is 0. The summed E-state index contributed by atoms with van der Waals surface area (Å²) in [6, 6.07) is 8.63. The van der Waals surface area contributed by atoms with Crippen LogP contribution in [0.2, 0.25) is 0 Å². The molecule has 0 saturated heterocycles. The van der Waals surface area contributed by atoms with E-state index in [1.807, 2.05) is 25.1 Å². The van der Waals surface area contributed by atoms with Crippen molar-refractivity contribution in [2.75, 3.05) is 0 Å². The molecule has 0 aliphatic heterocycles. The number of pyridine rings is 2. The minimum absolute atomic E-state index is 0.672. The molecule has 0 aromatic carbocycles. The first kappa shape index (κ1) is 14.0. The number of aromatic nitrogens is 2. The maximum Gasteiger partial charge on any atom is 0.223 e. The molecule has 2 heterocycles. The monoisotopic (exact) mass is 283 g/mol. The van der Waals surface area contributed by atoms with E-state index in [-0.39, 0.29) is 0 Å². The lowest BCUT2D eigenvalue weighted by atomic mass is 10.2. The maximum absolute atomic E-state index is 6.03. The van der Waals surface area contributed by atoms with Gasteiger partial charge in [0.2, 0.25) is 5.88 Å². The molecule has 1 aliphatic rings. The van der Waals surface area contributed by atoms with E-state index >= 15 is 0 Å². The molecular weight excluding hydrogens is 262 g/mol. The second kappa shape index (κ2) is 6.22. The van der Waals surface area contributed by atoms with E-state index in [0.717, 1.165) is 35.7 Å². The van der Waals surface area contributed by atoms with Crippen LogP contribution in [-0.4, -0.2) is 16.0 Å². The molecule has 0 unspecified atom stereocenters. The standard InChI is InChI=1S/C17H21N3O/c1-3-15-16(9-6-12(2)20-15)21-17-13(5-4-10-18-17)11-19-14-7-8-14/h4-6,9-10,14,19H,3,7-8,11H2,1-2H3. The van der Waals surface area contributed by atoms with Gasteiger partial charge in [0.1, 0.15) is 0 Å². The summed E-state index contributed by atoms with van der Waals surface area (Å²) in [6.07, 6.45) is 5.17. The lowest BCUT2D eigenvalue weighted by molar-refractivity contribution is 0.444. The van der Waals surface area contributed by atoms with Gasteiger partial charge in [0, 0.05) is 30.0 Å². The number of aryl methyl sites for hydroxylation is 2. The van der Waals surface area contributed by atoms with Gasteiger partial charge in [-0.1, -0.05) is 13.0 Å².